The highest BCUT2D eigenvalue weighted by Crippen LogP contribution is 2.31. The average Bonchev–Trinajstić information content (AvgIpc) is 2.63. The summed E-state index contributed by atoms with van der Waals surface area (Å²) in [6.07, 6.45) is 0. The molecule has 2 aromatic rings. The van der Waals surface area contributed by atoms with Crippen LogP contribution in [0.2, 0.25) is 5.02 Å². The van der Waals surface area contributed by atoms with Gasteiger partial charge in [-0.15, -0.1) is 0 Å². The van der Waals surface area contributed by atoms with Gasteiger partial charge in [0.25, 0.3) is 0 Å². The fraction of sp³-hybridized carbons (Fsp3) is 0.105. The Labute approximate surface area is 160 Å². The minimum absolute atomic E-state index is 0.106. The van der Waals surface area contributed by atoms with E-state index in [2.05, 4.69) is 22.5 Å². The van der Waals surface area contributed by atoms with Crippen molar-refractivity contribution in [2.75, 3.05) is 5.32 Å². The van der Waals surface area contributed by atoms with Gasteiger partial charge in [0, 0.05) is 5.70 Å². The van der Waals surface area contributed by atoms with Crippen LogP contribution >= 0.6 is 11.6 Å². The molecule has 1 aliphatic heterocycles. The van der Waals surface area contributed by atoms with E-state index in [0.717, 1.165) is 0 Å². The van der Waals surface area contributed by atoms with Gasteiger partial charge in [-0.2, -0.15) is 0 Å². The summed E-state index contributed by atoms with van der Waals surface area (Å²) < 4.78 is 0. The summed E-state index contributed by atoms with van der Waals surface area (Å²) >= 11 is 6.09. The quantitative estimate of drug-likeness (QED) is 0.648. The van der Waals surface area contributed by atoms with Gasteiger partial charge < -0.3 is 21.1 Å². The molecule has 0 aliphatic carbocycles. The molecule has 3 amide bonds. The Kier molecular flexibility index (Phi) is 5.14. The van der Waals surface area contributed by atoms with Gasteiger partial charge >= 0.3 is 12.0 Å². The summed E-state index contributed by atoms with van der Waals surface area (Å²) in [5.74, 6) is -2.30. The lowest BCUT2D eigenvalue weighted by Gasteiger charge is -2.34. The van der Waals surface area contributed by atoms with Crippen LogP contribution < -0.4 is 16.0 Å². The van der Waals surface area contributed by atoms with Crippen LogP contribution in [0.15, 0.2) is 60.8 Å². The van der Waals surface area contributed by atoms with Crippen LogP contribution in [0, 0.1) is 5.92 Å². The second kappa shape index (κ2) is 7.51. The number of amides is 3. The maximum atomic E-state index is 12.9. The standard InChI is InChI=1S/C19H16ClN3O4/c1-10-15(17(24)22-14-5-3-2-4-13(14)20)16(23-19(27)21-10)11-6-8-12(9-7-11)18(25)26/h2-9,15-16H,1H2,(H,22,24)(H,25,26)(H2,21,23,27)/t15-,16+/m0/s1. The Balaban J connectivity index is 1.90. The number of carboxylic acid groups (broad SMARTS) is 1. The predicted molar refractivity (Wildman–Crippen MR) is 101 cm³/mol. The third-order valence-electron chi connectivity index (χ3n) is 4.20. The molecule has 7 nitrogen and oxygen atoms in total. The number of hydrogen-bond acceptors (Lipinski definition) is 3. The summed E-state index contributed by atoms with van der Waals surface area (Å²) in [6.45, 7) is 3.79. The molecule has 8 heteroatoms. The van der Waals surface area contributed by atoms with Crippen LogP contribution in [-0.2, 0) is 4.79 Å². The van der Waals surface area contributed by atoms with Crippen molar-refractivity contribution in [2.45, 2.75) is 6.04 Å². The third-order valence-corrected chi connectivity index (χ3v) is 4.53. The van der Waals surface area contributed by atoms with Crippen molar-refractivity contribution in [1.82, 2.24) is 10.6 Å². The summed E-state index contributed by atoms with van der Waals surface area (Å²) in [4.78, 5) is 35.8. The maximum Gasteiger partial charge on any atom is 0.335 e. The van der Waals surface area contributed by atoms with E-state index in [1.807, 2.05) is 0 Å². The number of hydrogen-bond donors (Lipinski definition) is 4. The van der Waals surface area contributed by atoms with E-state index < -0.39 is 29.9 Å². The van der Waals surface area contributed by atoms with E-state index in [1.165, 1.54) is 12.1 Å². The number of aromatic carboxylic acids is 1. The van der Waals surface area contributed by atoms with Crippen LogP contribution in [0.5, 0.6) is 0 Å². The molecule has 27 heavy (non-hydrogen) atoms. The van der Waals surface area contributed by atoms with Gasteiger partial charge in [-0.1, -0.05) is 42.4 Å². The van der Waals surface area contributed by atoms with Crippen molar-refractivity contribution in [3.63, 3.8) is 0 Å². The Morgan fingerprint density at radius 2 is 1.78 bits per heavy atom. The van der Waals surface area contributed by atoms with Crippen LogP contribution in [-0.4, -0.2) is 23.0 Å². The minimum atomic E-state index is -1.06. The lowest BCUT2D eigenvalue weighted by molar-refractivity contribution is -0.119. The Morgan fingerprint density at radius 3 is 2.41 bits per heavy atom. The number of nitrogens with one attached hydrogen (secondary N) is 3. The van der Waals surface area contributed by atoms with Gasteiger partial charge in [0.05, 0.1) is 22.3 Å². The van der Waals surface area contributed by atoms with Gasteiger partial charge in [-0.25, -0.2) is 9.59 Å². The number of benzene rings is 2. The molecular formula is C19H16ClN3O4. The van der Waals surface area contributed by atoms with Crippen molar-refractivity contribution >= 4 is 35.2 Å². The van der Waals surface area contributed by atoms with Gasteiger partial charge in [-0.3, -0.25) is 4.79 Å². The fourth-order valence-electron chi connectivity index (χ4n) is 2.88. The van der Waals surface area contributed by atoms with E-state index >= 15 is 0 Å². The molecule has 4 N–H and O–H groups in total. The molecule has 2 aromatic carbocycles. The topological polar surface area (TPSA) is 108 Å². The average molecular weight is 386 g/mol. The molecule has 2 atom stereocenters. The van der Waals surface area contributed by atoms with Gasteiger partial charge in [0.1, 0.15) is 5.92 Å². The monoisotopic (exact) mass is 385 g/mol. The summed E-state index contributed by atoms with van der Waals surface area (Å²) in [6, 6.07) is 11.5. The number of carbonyl (C=O) groups excluding carboxylic acids is 2. The molecule has 0 radical (unpaired) electrons. The predicted octanol–water partition coefficient (Wildman–Crippen LogP) is 3.16. The molecule has 0 aromatic heterocycles. The van der Waals surface area contributed by atoms with E-state index in [4.69, 9.17) is 16.7 Å². The molecule has 3 rings (SSSR count). The second-order valence-electron chi connectivity index (χ2n) is 5.98. The zero-order valence-electron chi connectivity index (χ0n) is 14.0. The number of para-hydroxylation sites is 1. The first-order chi connectivity index (χ1) is 12.9. The van der Waals surface area contributed by atoms with Gasteiger partial charge in [-0.05, 0) is 29.8 Å². The van der Waals surface area contributed by atoms with Crippen LogP contribution in [0.1, 0.15) is 22.0 Å². The van der Waals surface area contributed by atoms with Crippen LogP contribution in [0.4, 0.5) is 10.5 Å². The SMILES string of the molecule is C=C1NC(=O)N[C@H](c2ccc(C(=O)O)cc2)[C@H]1C(=O)Nc1ccccc1Cl. The molecule has 1 aliphatic rings. The number of urea groups is 1. The number of carboxylic acids is 1. The summed E-state index contributed by atoms with van der Waals surface area (Å²) in [7, 11) is 0. The van der Waals surface area contributed by atoms with E-state index in [1.54, 1.807) is 36.4 Å². The molecule has 138 valence electrons. The molecule has 0 unspecified atom stereocenters. The third kappa shape index (κ3) is 3.93. The summed E-state index contributed by atoms with van der Waals surface area (Å²) in [5.41, 5.74) is 1.36. The summed E-state index contributed by atoms with van der Waals surface area (Å²) in [5, 5.41) is 17.3. The van der Waals surface area contributed by atoms with Crippen LogP contribution in [0.25, 0.3) is 0 Å². The first kappa shape index (κ1) is 18.5. The fourth-order valence-corrected chi connectivity index (χ4v) is 3.06. The molecule has 0 bridgehead atoms. The zero-order valence-corrected chi connectivity index (χ0v) is 14.8. The number of anilines is 1. The Morgan fingerprint density at radius 1 is 1.11 bits per heavy atom. The normalized spacial score (nSPS) is 19.0. The van der Waals surface area contributed by atoms with Gasteiger partial charge in [0.2, 0.25) is 5.91 Å². The second-order valence-corrected chi connectivity index (χ2v) is 6.38. The maximum absolute atomic E-state index is 12.9. The van der Waals surface area contributed by atoms with Crippen molar-refractivity contribution in [3.05, 3.63) is 77.0 Å². The van der Waals surface area contributed by atoms with Crippen LogP contribution in [0.3, 0.4) is 0 Å². The number of halogens is 1. The van der Waals surface area contributed by atoms with E-state index in [0.29, 0.717) is 16.3 Å². The molecule has 0 saturated carbocycles. The Bertz CT molecular complexity index is 927. The smallest absolute Gasteiger partial charge is 0.335 e. The molecule has 1 saturated heterocycles. The lowest BCUT2D eigenvalue weighted by Crippen LogP contribution is -2.51. The van der Waals surface area contributed by atoms with Crippen molar-refractivity contribution in [2.24, 2.45) is 5.92 Å². The first-order valence-electron chi connectivity index (χ1n) is 8.02. The van der Waals surface area contributed by atoms with Crippen molar-refractivity contribution in [3.8, 4) is 0 Å². The Hall–Kier alpha value is -3.32. The minimum Gasteiger partial charge on any atom is -0.478 e. The number of carbonyl (C=O) groups is 3. The molecular weight excluding hydrogens is 370 g/mol. The highest BCUT2D eigenvalue weighted by atomic mass is 35.5. The number of rotatable bonds is 4. The van der Waals surface area contributed by atoms with Crippen molar-refractivity contribution in [1.29, 1.82) is 0 Å². The first-order valence-corrected chi connectivity index (χ1v) is 8.39. The van der Waals surface area contributed by atoms with E-state index in [9.17, 15) is 14.4 Å². The zero-order chi connectivity index (χ0) is 19.6. The molecule has 1 heterocycles. The van der Waals surface area contributed by atoms with Crippen molar-refractivity contribution < 1.29 is 19.5 Å². The largest absolute Gasteiger partial charge is 0.478 e. The van der Waals surface area contributed by atoms with Gasteiger partial charge in [0.15, 0.2) is 0 Å². The highest BCUT2D eigenvalue weighted by molar-refractivity contribution is 6.33. The van der Waals surface area contributed by atoms with E-state index in [-0.39, 0.29) is 11.3 Å². The molecule has 0 spiro atoms. The molecule has 1 fully saturated rings. The lowest BCUT2D eigenvalue weighted by atomic mass is 9.88. The highest BCUT2D eigenvalue weighted by Gasteiger charge is 2.38.